The summed E-state index contributed by atoms with van der Waals surface area (Å²) < 4.78 is 12.6. The number of nitrogens with one attached hydrogen (secondary N) is 1. The molecule has 3 rings (SSSR count). The molecular formula is C18H24N4O3. The fraction of sp³-hybridized carbons (Fsp3) is 0.444. The van der Waals surface area contributed by atoms with Gasteiger partial charge in [0.2, 0.25) is 6.79 Å². The molecule has 7 heteroatoms. The minimum Gasteiger partial charge on any atom is -0.454 e. The number of urea groups is 1. The van der Waals surface area contributed by atoms with Crippen molar-refractivity contribution in [3.8, 4) is 11.5 Å². The van der Waals surface area contributed by atoms with Crippen LogP contribution in [0.25, 0.3) is 0 Å². The Balaban J connectivity index is 1.59. The van der Waals surface area contributed by atoms with Gasteiger partial charge in [-0.3, -0.25) is 4.68 Å². The number of likely N-dealkylation sites (N-methyl/N-ethyl adjacent to an activating group) is 1. The van der Waals surface area contributed by atoms with E-state index in [1.165, 1.54) is 11.3 Å². The van der Waals surface area contributed by atoms with Crippen LogP contribution in [0.4, 0.5) is 10.5 Å². The predicted molar refractivity (Wildman–Crippen MR) is 95.3 cm³/mol. The molecule has 0 atom stereocenters. The molecule has 0 aliphatic carbocycles. The van der Waals surface area contributed by atoms with Gasteiger partial charge in [0.25, 0.3) is 0 Å². The van der Waals surface area contributed by atoms with Gasteiger partial charge in [-0.25, -0.2) is 4.79 Å². The van der Waals surface area contributed by atoms with Gasteiger partial charge in [-0.15, -0.1) is 0 Å². The first-order valence-electron chi connectivity index (χ1n) is 8.44. The first-order valence-corrected chi connectivity index (χ1v) is 8.44. The number of hydrogen-bond donors (Lipinski definition) is 1. The summed E-state index contributed by atoms with van der Waals surface area (Å²) in [6.45, 7) is 7.86. The third kappa shape index (κ3) is 3.55. The molecule has 134 valence electrons. The molecule has 25 heavy (non-hydrogen) atoms. The lowest BCUT2D eigenvalue weighted by Crippen LogP contribution is -2.33. The topological polar surface area (TPSA) is 68.6 Å². The highest BCUT2D eigenvalue weighted by molar-refractivity contribution is 5.89. The fourth-order valence-electron chi connectivity index (χ4n) is 2.98. The number of anilines is 1. The third-order valence-electron chi connectivity index (χ3n) is 4.50. The van der Waals surface area contributed by atoms with Crippen molar-refractivity contribution in [3.05, 3.63) is 35.2 Å². The van der Waals surface area contributed by atoms with Gasteiger partial charge >= 0.3 is 6.03 Å². The molecule has 1 N–H and O–H groups in total. The molecule has 2 heterocycles. The molecule has 0 unspecified atom stereocenters. The molecule has 2 aromatic rings. The molecule has 0 bridgehead atoms. The Labute approximate surface area is 147 Å². The number of benzene rings is 1. The Bertz CT molecular complexity index is 785. The monoisotopic (exact) mass is 344 g/mol. The third-order valence-corrected chi connectivity index (χ3v) is 4.50. The number of hydrogen-bond acceptors (Lipinski definition) is 4. The maximum atomic E-state index is 12.4. The van der Waals surface area contributed by atoms with E-state index in [2.05, 4.69) is 24.3 Å². The zero-order valence-electron chi connectivity index (χ0n) is 15.1. The van der Waals surface area contributed by atoms with Crippen LogP contribution in [-0.2, 0) is 13.0 Å². The number of aryl methyl sites for hydroxylation is 2. The fourth-order valence-corrected chi connectivity index (χ4v) is 2.98. The highest BCUT2D eigenvalue weighted by Gasteiger charge is 2.16. The van der Waals surface area contributed by atoms with Crippen molar-refractivity contribution in [3.63, 3.8) is 0 Å². The van der Waals surface area contributed by atoms with Crippen LogP contribution < -0.4 is 14.8 Å². The normalized spacial score (nSPS) is 12.3. The number of carbonyl (C=O) groups excluding carboxylic acids is 1. The average Bonchev–Trinajstić information content (AvgIpc) is 3.16. The molecule has 0 radical (unpaired) electrons. The van der Waals surface area contributed by atoms with Crippen LogP contribution in [0.2, 0.25) is 0 Å². The van der Waals surface area contributed by atoms with Crippen LogP contribution in [-0.4, -0.2) is 41.1 Å². The van der Waals surface area contributed by atoms with E-state index in [1.54, 1.807) is 30.1 Å². The number of amides is 2. The van der Waals surface area contributed by atoms with Crippen molar-refractivity contribution in [1.29, 1.82) is 0 Å². The van der Waals surface area contributed by atoms with Crippen molar-refractivity contribution in [1.82, 2.24) is 14.7 Å². The Morgan fingerprint density at radius 3 is 2.80 bits per heavy atom. The Morgan fingerprint density at radius 2 is 2.08 bits per heavy atom. The predicted octanol–water partition coefficient (Wildman–Crippen LogP) is 2.95. The second kappa shape index (κ2) is 7.04. The van der Waals surface area contributed by atoms with E-state index >= 15 is 0 Å². The van der Waals surface area contributed by atoms with Crippen molar-refractivity contribution >= 4 is 11.7 Å². The molecule has 1 aliphatic rings. The lowest BCUT2D eigenvalue weighted by molar-refractivity contribution is 0.174. The number of ether oxygens (including phenoxy) is 2. The lowest BCUT2D eigenvalue weighted by atomic mass is 10.1. The summed E-state index contributed by atoms with van der Waals surface area (Å²) in [6.07, 6.45) is 0.780. The molecule has 7 nitrogen and oxygen atoms in total. The molecule has 1 aromatic carbocycles. The maximum absolute atomic E-state index is 12.4. The molecule has 0 spiro atoms. The molecule has 2 amide bonds. The number of rotatable bonds is 5. The van der Waals surface area contributed by atoms with Crippen LogP contribution in [0.5, 0.6) is 11.5 Å². The first-order chi connectivity index (χ1) is 12.0. The summed E-state index contributed by atoms with van der Waals surface area (Å²) in [5, 5.41) is 7.41. The average molecular weight is 344 g/mol. The van der Waals surface area contributed by atoms with Gasteiger partial charge in [0, 0.05) is 37.6 Å². The van der Waals surface area contributed by atoms with Gasteiger partial charge in [0.1, 0.15) is 0 Å². The van der Waals surface area contributed by atoms with Gasteiger partial charge in [-0.05, 0) is 44.9 Å². The smallest absolute Gasteiger partial charge is 0.321 e. The molecule has 0 saturated heterocycles. The van der Waals surface area contributed by atoms with Crippen LogP contribution in [0.3, 0.4) is 0 Å². The molecule has 0 fully saturated rings. The number of fused-ring (bicyclic) bond motifs is 1. The van der Waals surface area contributed by atoms with Gasteiger partial charge in [-0.2, -0.15) is 5.10 Å². The summed E-state index contributed by atoms with van der Waals surface area (Å²) in [5.74, 6) is 1.35. The van der Waals surface area contributed by atoms with E-state index in [-0.39, 0.29) is 12.8 Å². The standard InChI is InChI=1S/C18H24N4O3/c1-5-22-13(3)15(12(2)20-22)8-9-21(4)18(23)19-14-6-7-16-17(10-14)25-11-24-16/h6-7,10H,5,8-9,11H2,1-4H3,(H,19,23). The molecular weight excluding hydrogens is 320 g/mol. The summed E-state index contributed by atoms with van der Waals surface area (Å²) in [6, 6.07) is 5.22. The van der Waals surface area contributed by atoms with E-state index in [0.717, 1.165) is 18.7 Å². The van der Waals surface area contributed by atoms with Gasteiger partial charge in [-0.1, -0.05) is 0 Å². The minimum atomic E-state index is -0.156. The molecule has 0 saturated carbocycles. The molecule has 1 aromatic heterocycles. The highest BCUT2D eigenvalue weighted by Crippen LogP contribution is 2.34. The van der Waals surface area contributed by atoms with E-state index in [0.29, 0.717) is 23.7 Å². The Kier molecular flexibility index (Phi) is 4.83. The second-order valence-corrected chi connectivity index (χ2v) is 6.13. The van der Waals surface area contributed by atoms with E-state index in [4.69, 9.17) is 9.47 Å². The minimum absolute atomic E-state index is 0.156. The van der Waals surface area contributed by atoms with Crippen LogP contribution in [0.15, 0.2) is 18.2 Å². The van der Waals surface area contributed by atoms with E-state index in [1.807, 2.05) is 11.6 Å². The number of nitrogens with zero attached hydrogens (tertiary/aromatic N) is 3. The molecule has 1 aliphatic heterocycles. The number of aromatic nitrogens is 2. The van der Waals surface area contributed by atoms with E-state index < -0.39 is 0 Å². The summed E-state index contributed by atoms with van der Waals surface area (Å²) >= 11 is 0. The van der Waals surface area contributed by atoms with E-state index in [9.17, 15) is 4.79 Å². The Morgan fingerprint density at radius 1 is 1.32 bits per heavy atom. The quantitative estimate of drug-likeness (QED) is 0.905. The van der Waals surface area contributed by atoms with Crippen molar-refractivity contribution in [2.75, 3.05) is 25.7 Å². The zero-order valence-corrected chi connectivity index (χ0v) is 15.1. The van der Waals surface area contributed by atoms with Crippen LogP contribution >= 0.6 is 0 Å². The summed E-state index contributed by atoms with van der Waals surface area (Å²) in [7, 11) is 1.79. The maximum Gasteiger partial charge on any atom is 0.321 e. The SMILES string of the molecule is CCn1nc(C)c(CCN(C)C(=O)Nc2ccc3c(c2)OCO3)c1C. The van der Waals surface area contributed by atoms with Crippen LogP contribution in [0, 0.1) is 13.8 Å². The van der Waals surface area contributed by atoms with Crippen molar-refractivity contribution in [2.45, 2.75) is 33.7 Å². The number of carbonyl (C=O) groups is 1. The van der Waals surface area contributed by atoms with Crippen molar-refractivity contribution < 1.29 is 14.3 Å². The summed E-state index contributed by atoms with van der Waals surface area (Å²) in [5.41, 5.74) is 4.10. The van der Waals surface area contributed by atoms with Crippen molar-refractivity contribution in [2.24, 2.45) is 0 Å². The largest absolute Gasteiger partial charge is 0.454 e. The van der Waals surface area contributed by atoms with Gasteiger partial charge in [0.05, 0.1) is 5.69 Å². The van der Waals surface area contributed by atoms with Gasteiger partial charge < -0.3 is 19.7 Å². The lowest BCUT2D eigenvalue weighted by Gasteiger charge is -2.18. The van der Waals surface area contributed by atoms with Gasteiger partial charge in [0.15, 0.2) is 11.5 Å². The second-order valence-electron chi connectivity index (χ2n) is 6.13. The zero-order chi connectivity index (χ0) is 18.0. The highest BCUT2D eigenvalue weighted by atomic mass is 16.7. The Hall–Kier alpha value is -2.70. The summed E-state index contributed by atoms with van der Waals surface area (Å²) in [4.78, 5) is 14.1. The first kappa shape index (κ1) is 17.1. The van der Waals surface area contributed by atoms with Crippen LogP contribution in [0.1, 0.15) is 23.9 Å².